The number of nitrogen functional groups attached to an aromatic ring is 1. The number of sulfone groups is 1. The van der Waals surface area contributed by atoms with E-state index in [9.17, 15) is 8.42 Å². The first-order valence-corrected chi connectivity index (χ1v) is 8.08. The van der Waals surface area contributed by atoms with Crippen molar-refractivity contribution < 1.29 is 8.42 Å². The number of anilines is 2. The van der Waals surface area contributed by atoms with Gasteiger partial charge in [-0.05, 0) is 6.92 Å². The van der Waals surface area contributed by atoms with Gasteiger partial charge in [0.25, 0.3) is 0 Å². The Morgan fingerprint density at radius 2 is 1.95 bits per heavy atom. The van der Waals surface area contributed by atoms with E-state index in [1.807, 2.05) is 18.7 Å². The molecule has 2 rings (SSSR count). The molecule has 0 bridgehead atoms. The first-order chi connectivity index (χ1) is 8.96. The maximum Gasteiger partial charge on any atom is 0.153 e. The van der Waals surface area contributed by atoms with E-state index in [0.29, 0.717) is 31.2 Å². The van der Waals surface area contributed by atoms with Gasteiger partial charge in [-0.3, -0.25) is 0 Å². The fourth-order valence-electron chi connectivity index (χ4n) is 2.08. The van der Waals surface area contributed by atoms with Crippen molar-refractivity contribution in [2.45, 2.75) is 20.3 Å². The van der Waals surface area contributed by atoms with Crippen molar-refractivity contribution in [3.05, 3.63) is 11.4 Å². The highest BCUT2D eigenvalue weighted by molar-refractivity contribution is 7.91. The lowest BCUT2D eigenvalue weighted by Gasteiger charge is -2.29. The Balaban J connectivity index is 2.34. The summed E-state index contributed by atoms with van der Waals surface area (Å²) in [6, 6.07) is 0. The van der Waals surface area contributed by atoms with Crippen molar-refractivity contribution in [3.8, 4) is 0 Å². The SMILES string of the molecule is CCc1nc(NN)c(C)c(N2CCS(=O)(=O)CC2)n1. The zero-order chi connectivity index (χ0) is 14.0. The number of aromatic nitrogens is 2. The molecule has 0 amide bonds. The number of rotatable bonds is 3. The first kappa shape index (κ1) is 14.0. The molecule has 2 heterocycles. The summed E-state index contributed by atoms with van der Waals surface area (Å²) in [5.41, 5.74) is 3.42. The number of hydrazine groups is 1. The predicted octanol–water partition coefficient (Wildman–Crippen LogP) is -0.132. The predicted molar refractivity (Wildman–Crippen MR) is 74.8 cm³/mol. The number of aryl methyl sites for hydroxylation is 1. The summed E-state index contributed by atoms with van der Waals surface area (Å²) in [5, 5.41) is 0. The van der Waals surface area contributed by atoms with Crippen LogP contribution in [0.25, 0.3) is 0 Å². The van der Waals surface area contributed by atoms with E-state index < -0.39 is 9.84 Å². The van der Waals surface area contributed by atoms with E-state index >= 15 is 0 Å². The minimum atomic E-state index is -2.89. The van der Waals surface area contributed by atoms with Gasteiger partial charge in [0, 0.05) is 25.1 Å². The van der Waals surface area contributed by atoms with Crippen LogP contribution in [0.3, 0.4) is 0 Å². The number of nitrogens with one attached hydrogen (secondary N) is 1. The Morgan fingerprint density at radius 1 is 1.32 bits per heavy atom. The van der Waals surface area contributed by atoms with Crippen molar-refractivity contribution in [3.63, 3.8) is 0 Å². The highest BCUT2D eigenvalue weighted by Gasteiger charge is 2.24. The average molecular weight is 285 g/mol. The summed E-state index contributed by atoms with van der Waals surface area (Å²) in [5.74, 6) is 7.86. The molecule has 1 aromatic heterocycles. The molecule has 3 N–H and O–H groups in total. The van der Waals surface area contributed by atoms with Crippen molar-refractivity contribution in [2.24, 2.45) is 5.84 Å². The molecular weight excluding hydrogens is 266 g/mol. The second kappa shape index (κ2) is 5.30. The molecule has 8 heteroatoms. The van der Waals surface area contributed by atoms with Crippen molar-refractivity contribution in [1.82, 2.24) is 9.97 Å². The van der Waals surface area contributed by atoms with Crippen molar-refractivity contribution in [1.29, 1.82) is 0 Å². The maximum atomic E-state index is 11.5. The van der Waals surface area contributed by atoms with E-state index in [2.05, 4.69) is 15.4 Å². The highest BCUT2D eigenvalue weighted by Crippen LogP contribution is 2.24. The van der Waals surface area contributed by atoms with Crippen LogP contribution in [-0.4, -0.2) is 43.0 Å². The summed E-state index contributed by atoms with van der Waals surface area (Å²) in [4.78, 5) is 10.8. The molecule has 1 aliphatic rings. The van der Waals surface area contributed by atoms with Gasteiger partial charge < -0.3 is 10.3 Å². The molecule has 0 atom stereocenters. The molecule has 0 spiro atoms. The molecule has 19 heavy (non-hydrogen) atoms. The Bertz CT molecular complexity index is 559. The van der Waals surface area contributed by atoms with Gasteiger partial charge in [0.05, 0.1) is 11.5 Å². The number of nitrogens with zero attached hydrogens (tertiary/aromatic N) is 3. The highest BCUT2D eigenvalue weighted by atomic mass is 32.2. The zero-order valence-electron chi connectivity index (χ0n) is 11.2. The van der Waals surface area contributed by atoms with Crippen LogP contribution in [0.2, 0.25) is 0 Å². The third-order valence-electron chi connectivity index (χ3n) is 3.26. The fraction of sp³-hybridized carbons (Fsp3) is 0.636. The van der Waals surface area contributed by atoms with Crippen LogP contribution in [0, 0.1) is 6.92 Å². The summed E-state index contributed by atoms with van der Waals surface area (Å²) in [6.45, 7) is 4.78. The third-order valence-corrected chi connectivity index (χ3v) is 4.87. The largest absolute Gasteiger partial charge is 0.354 e. The van der Waals surface area contributed by atoms with Gasteiger partial charge in [0.2, 0.25) is 0 Å². The smallest absolute Gasteiger partial charge is 0.153 e. The van der Waals surface area contributed by atoms with Crippen molar-refractivity contribution in [2.75, 3.05) is 34.9 Å². The van der Waals surface area contributed by atoms with E-state index in [1.165, 1.54) is 0 Å². The molecular formula is C11H19N5O2S. The van der Waals surface area contributed by atoms with Gasteiger partial charge in [0.15, 0.2) is 9.84 Å². The van der Waals surface area contributed by atoms with Crippen LogP contribution in [0.4, 0.5) is 11.6 Å². The minimum absolute atomic E-state index is 0.170. The number of hydrogen-bond donors (Lipinski definition) is 2. The summed E-state index contributed by atoms with van der Waals surface area (Å²) >= 11 is 0. The van der Waals surface area contributed by atoms with Crippen LogP contribution < -0.4 is 16.2 Å². The van der Waals surface area contributed by atoms with Crippen LogP contribution in [0.1, 0.15) is 18.3 Å². The molecule has 0 saturated carbocycles. The zero-order valence-corrected chi connectivity index (χ0v) is 12.0. The Hall–Kier alpha value is -1.41. The van der Waals surface area contributed by atoms with Crippen LogP contribution in [-0.2, 0) is 16.3 Å². The van der Waals surface area contributed by atoms with E-state index in [0.717, 1.165) is 11.4 Å². The van der Waals surface area contributed by atoms with Gasteiger partial charge in [-0.2, -0.15) is 0 Å². The van der Waals surface area contributed by atoms with E-state index in [1.54, 1.807) is 0 Å². The molecule has 1 saturated heterocycles. The van der Waals surface area contributed by atoms with Gasteiger partial charge in [-0.15, -0.1) is 0 Å². The van der Waals surface area contributed by atoms with Gasteiger partial charge >= 0.3 is 0 Å². The van der Waals surface area contributed by atoms with Crippen LogP contribution in [0.15, 0.2) is 0 Å². The molecule has 1 aromatic rings. The molecule has 7 nitrogen and oxygen atoms in total. The minimum Gasteiger partial charge on any atom is -0.354 e. The molecule has 0 unspecified atom stereocenters. The molecule has 0 radical (unpaired) electrons. The van der Waals surface area contributed by atoms with Crippen LogP contribution >= 0.6 is 0 Å². The van der Waals surface area contributed by atoms with Crippen LogP contribution in [0.5, 0.6) is 0 Å². The average Bonchev–Trinajstić information content (AvgIpc) is 2.39. The Morgan fingerprint density at radius 3 is 2.47 bits per heavy atom. The lowest BCUT2D eigenvalue weighted by atomic mass is 10.2. The first-order valence-electron chi connectivity index (χ1n) is 6.26. The Kier molecular flexibility index (Phi) is 3.91. The summed E-state index contributed by atoms with van der Waals surface area (Å²) in [6.07, 6.45) is 0.702. The quantitative estimate of drug-likeness (QED) is 0.589. The second-order valence-corrected chi connectivity index (χ2v) is 6.88. The molecule has 1 fully saturated rings. The second-order valence-electron chi connectivity index (χ2n) is 4.57. The van der Waals surface area contributed by atoms with Gasteiger partial charge in [-0.1, -0.05) is 6.92 Å². The molecule has 0 aliphatic carbocycles. The topological polar surface area (TPSA) is 101 Å². The summed E-state index contributed by atoms with van der Waals surface area (Å²) < 4.78 is 22.9. The van der Waals surface area contributed by atoms with Gasteiger partial charge in [0.1, 0.15) is 17.5 Å². The third kappa shape index (κ3) is 2.95. The standard InChI is InChI=1S/C11H19N5O2S/c1-3-9-13-10(15-12)8(2)11(14-9)16-4-6-19(17,18)7-5-16/h3-7,12H2,1-2H3,(H,13,14,15). The summed E-state index contributed by atoms with van der Waals surface area (Å²) in [7, 11) is -2.89. The lowest BCUT2D eigenvalue weighted by molar-refractivity contribution is 0.586. The van der Waals surface area contributed by atoms with E-state index in [-0.39, 0.29) is 11.5 Å². The lowest BCUT2D eigenvalue weighted by Crippen LogP contribution is -2.41. The molecule has 1 aliphatic heterocycles. The molecule has 0 aromatic carbocycles. The fourth-order valence-corrected chi connectivity index (χ4v) is 3.28. The normalized spacial score (nSPS) is 18.4. The Labute approximate surface area is 113 Å². The number of nitrogens with two attached hydrogens (primary N) is 1. The monoisotopic (exact) mass is 285 g/mol. The van der Waals surface area contributed by atoms with E-state index in [4.69, 9.17) is 5.84 Å². The van der Waals surface area contributed by atoms with Crippen molar-refractivity contribution >= 4 is 21.5 Å². The van der Waals surface area contributed by atoms with Gasteiger partial charge in [-0.25, -0.2) is 24.2 Å². The number of hydrogen-bond acceptors (Lipinski definition) is 7. The maximum absolute atomic E-state index is 11.5. The molecule has 106 valence electrons.